The summed E-state index contributed by atoms with van der Waals surface area (Å²) in [6, 6.07) is 0. The normalized spacial score (nSPS) is 6.56. The van der Waals surface area contributed by atoms with Gasteiger partial charge < -0.3 is 31.7 Å². The van der Waals surface area contributed by atoms with E-state index in [4.69, 9.17) is 19.2 Å². The van der Waals surface area contributed by atoms with E-state index in [-0.39, 0.29) is 109 Å². The van der Waals surface area contributed by atoms with E-state index in [2.05, 4.69) is 0 Å². The molecule has 0 rings (SSSR count). The Morgan fingerprint density at radius 2 is 1.00 bits per heavy atom. The molecule has 0 bridgehead atoms. The number of hydrogen-bond acceptors (Lipinski definition) is 4. The van der Waals surface area contributed by atoms with Gasteiger partial charge in [-0.15, -0.1) is 0 Å². The maximum Gasteiger partial charge on any atom is 2.00 e. The molecule has 0 N–H and O–H groups in total. The quantitative estimate of drug-likeness (QED) is 0.297. The van der Waals surface area contributed by atoms with Crippen LogP contribution < -0.4 is 86.2 Å². The summed E-state index contributed by atoms with van der Waals surface area (Å²) in [4.78, 5) is 25.6. The molecule has 0 spiro atoms. The fraction of sp³-hybridized carbons (Fsp3) is 0. The van der Waals surface area contributed by atoms with Crippen molar-refractivity contribution < 1.29 is 90.8 Å². The molecule has 0 atom stereocenters. The van der Waals surface area contributed by atoms with E-state index < -0.39 is 7.82 Å². The van der Waals surface area contributed by atoms with Crippen LogP contribution in [0.4, 0.5) is 0 Å². The predicted octanol–water partition coefficient (Wildman–Crippen LogP) is -12.2. The van der Waals surface area contributed by atoms with Gasteiger partial charge in [-0.1, -0.05) is 0 Å². The molecule has 0 unspecified atom stereocenters. The van der Waals surface area contributed by atoms with Crippen molar-refractivity contribution in [2.24, 2.45) is 0 Å². The van der Waals surface area contributed by atoms with Gasteiger partial charge in [0, 0.05) is 0 Å². The third-order valence-electron chi connectivity index (χ3n) is 0. The van der Waals surface area contributed by atoms with Crippen LogP contribution in [0.15, 0.2) is 0 Å². The van der Waals surface area contributed by atoms with Gasteiger partial charge >= 0.3 is 96.9 Å². The summed E-state index contributed by atoms with van der Waals surface area (Å²) in [5, 5.41) is 0. The van der Waals surface area contributed by atoms with Gasteiger partial charge in [0.2, 0.25) is 0 Å². The first-order valence-corrected chi connectivity index (χ1v) is 2.19. The smallest absolute Gasteiger partial charge is 1.00 e. The van der Waals surface area contributed by atoms with Crippen LogP contribution >= 0.6 is 7.82 Å². The van der Waals surface area contributed by atoms with E-state index in [1.54, 1.807) is 0 Å². The molecule has 0 saturated heterocycles. The summed E-state index contributed by atoms with van der Waals surface area (Å²) in [6.07, 6.45) is 0. The summed E-state index contributed by atoms with van der Waals surface area (Å²) in [5.41, 5.74) is 0. The van der Waals surface area contributed by atoms with E-state index in [0.717, 1.165) is 0 Å². The Morgan fingerprint density at radius 3 is 1.00 bits per heavy atom. The Balaban J connectivity index is -0.0000000133. The van der Waals surface area contributed by atoms with Crippen molar-refractivity contribution in [2.75, 3.05) is 0 Å². The first-order chi connectivity index (χ1) is 2.00. The van der Waals surface area contributed by atoms with Gasteiger partial charge in [-0.05, 0) is 0 Å². The Hall–Kier alpha value is 3.66. The molecule has 9 heavy (non-hydrogen) atoms. The summed E-state index contributed by atoms with van der Waals surface area (Å²) < 4.78 is 8.55. The van der Waals surface area contributed by atoms with Crippen LogP contribution in [0, 0.1) is 0 Å². The van der Waals surface area contributed by atoms with Crippen LogP contribution in [0.25, 0.3) is 0 Å². The Morgan fingerprint density at radius 1 is 1.00 bits per heavy atom. The molecule has 0 radical (unpaired) electrons. The predicted molar refractivity (Wildman–Crippen MR) is 13.4 cm³/mol. The van der Waals surface area contributed by atoms with Gasteiger partial charge in [0.15, 0.2) is 0 Å². The summed E-state index contributed by atoms with van der Waals surface area (Å²) >= 11 is 0. The van der Waals surface area contributed by atoms with Gasteiger partial charge in [-0.2, -0.15) is 7.82 Å². The van der Waals surface area contributed by atoms with Crippen molar-refractivity contribution in [3.63, 3.8) is 0 Å². The maximum absolute atomic E-state index is 8.55. The van der Waals surface area contributed by atoms with Gasteiger partial charge in [-0.25, -0.2) is 0 Å². The van der Waals surface area contributed by atoms with Crippen LogP contribution in [-0.2, 0) is 4.57 Å². The van der Waals surface area contributed by atoms with Crippen LogP contribution in [0.1, 0.15) is 0 Å². The van der Waals surface area contributed by atoms with Crippen molar-refractivity contribution in [1.29, 1.82) is 0 Å². The van der Waals surface area contributed by atoms with E-state index in [9.17, 15) is 0 Å². The van der Waals surface area contributed by atoms with Crippen molar-refractivity contribution in [3.8, 4) is 0 Å². The van der Waals surface area contributed by atoms with Crippen LogP contribution in [0.2, 0.25) is 0 Å². The average Bonchev–Trinajstić information content (AvgIpc) is 0.722. The second-order valence-electron chi connectivity index (χ2n) is 0.447. The van der Waals surface area contributed by atoms with Gasteiger partial charge in [0.1, 0.15) is 0 Å². The number of rotatable bonds is 0. The summed E-state index contributed by atoms with van der Waals surface area (Å²) in [7, 11) is -5.39. The molecular weight excluding hydrogens is 216 g/mol. The van der Waals surface area contributed by atoms with Gasteiger partial charge in [0.25, 0.3) is 0 Å². The molecule has 0 aromatic rings. The van der Waals surface area contributed by atoms with Crippen molar-refractivity contribution in [3.05, 3.63) is 0 Å². The fourth-order valence-corrected chi connectivity index (χ4v) is 0. The molecule has 0 aromatic carbocycles. The standard InChI is InChI=1S/Ca.ClH.2Na.H3O4P/c;;;;1-5(2,3)4/h;1H;;;(H3,1,2,3,4)/q+2;;2*+1;/p-4. The van der Waals surface area contributed by atoms with Crippen LogP contribution in [-0.4, -0.2) is 37.7 Å². The minimum Gasteiger partial charge on any atom is -1.00 e. The van der Waals surface area contributed by atoms with Crippen molar-refractivity contribution in [2.45, 2.75) is 0 Å². The number of hydrogen-bond donors (Lipinski definition) is 0. The minimum atomic E-state index is -5.39. The molecule has 0 aliphatic carbocycles. The Labute approximate surface area is 133 Å². The number of phosphoric acid groups is 1. The first kappa shape index (κ1) is 29.3. The second-order valence-corrected chi connectivity index (χ2v) is 1.34. The molecule has 0 fully saturated rings. The molecule has 0 aromatic heterocycles. The molecule has 0 aliphatic rings. The fourth-order valence-electron chi connectivity index (χ4n) is 0. The van der Waals surface area contributed by atoms with Crippen molar-refractivity contribution >= 4 is 45.6 Å². The third-order valence-corrected chi connectivity index (χ3v) is 0. The van der Waals surface area contributed by atoms with Gasteiger partial charge in [-0.3, -0.25) is 0 Å². The molecule has 0 amide bonds. The van der Waals surface area contributed by atoms with Crippen LogP contribution in [0.5, 0.6) is 0 Å². The minimum absolute atomic E-state index is 0. The zero-order valence-corrected chi connectivity index (χ0v) is 13.0. The van der Waals surface area contributed by atoms with E-state index in [1.807, 2.05) is 0 Å². The van der Waals surface area contributed by atoms with Crippen LogP contribution in [0.3, 0.4) is 0 Å². The molecule has 4 nitrogen and oxygen atoms in total. The Kier molecular flexibility index (Phi) is 46.3. The van der Waals surface area contributed by atoms with E-state index in [0.29, 0.717) is 0 Å². The molecule has 40 valence electrons. The molecule has 9 heteroatoms. The van der Waals surface area contributed by atoms with Gasteiger partial charge in [0.05, 0.1) is 0 Å². The SMILES string of the molecule is O=P([O-])([O-])[O-].[Ca+2].[Cl-].[Na+].[Na+]. The first-order valence-electron chi connectivity index (χ1n) is 0.730. The largest absolute Gasteiger partial charge is 2.00 e. The maximum atomic E-state index is 8.55. The Bertz CT molecular complexity index is 64.7. The van der Waals surface area contributed by atoms with Crippen molar-refractivity contribution in [1.82, 2.24) is 0 Å². The molecule has 0 aliphatic heterocycles. The molecule has 0 saturated carbocycles. The van der Waals surface area contributed by atoms with E-state index in [1.165, 1.54) is 0 Å². The monoisotopic (exact) mass is 216 g/mol. The summed E-state index contributed by atoms with van der Waals surface area (Å²) in [5.74, 6) is 0. The average molecular weight is 216 g/mol. The summed E-state index contributed by atoms with van der Waals surface area (Å²) in [6.45, 7) is 0. The zero-order valence-electron chi connectivity index (χ0n) is 5.17. The topological polar surface area (TPSA) is 86.2 Å². The third kappa shape index (κ3) is 81.2. The molecular formula is CaClNa2O4P. The number of halogens is 1. The van der Waals surface area contributed by atoms with E-state index >= 15 is 0 Å². The zero-order chi connectivity index (χ0) is 4.50. The second kappa shape index (κ2) is 14.2. The molecule has 0 heterocycles.